The molecule has 78 valence electrons. The maximum absolute atomic E-state index is 5.71. The molecule has 1 aromatic heterocycles. The number of nitrogens with zero attached hydrogens (tertiary/aromatic N) is 2. The monoisotopic (exact) mass is 285 g/mol. The van der Waals surface area contributed by atoms with E-state index < -0.39 is 0 Å². The molecule has 0 saturated carbocycles. The van der Waals surface area contributed by atoms with E-state index in [0.29, 0.717) is 11.5 Å². The van der Waals surface area contributed by atoms with Crippen LogP contribution in [0.5, 0.6) is 5.75 Å². The van der Waals surface area contributed by atoms with Gasteiger partial charge in [-0.1, -0.05) is 15.9 Å². The number of hydrogen-bond donors (Lipinski definition) is 1. The molecule has 4 nitrogen and oxygen atoms in total. The molecule has 0 saturated heterocycles. The maximum Gasteiger partial charge on any atom is 0.165 e. The Hall–Kier alpha value is -1.14. The van der Waals surface area contributed by atoms with E-state index in [1.165, 1.54) is 0 Å². The normalized spacial score (nSPS) is 10.3. The van der Waals surface area contributed by atoms with Crippen LogP contribution >= 0.6 is 27.7 Å². The minimum absolute atomic E-state index is 0.427. The molecule has 6 heteroatoms. The van der Waals surface area contributed by atoms with Crippen molar-refractivity contribution in [3.63, 3.8) is 0 Å². The van der Waals surface area contributed by atoms with Gasteiger partial charge in [0.1, 0.15) is 11.4 Å². The average Bonchev–Trinajstić information content (AvgIpc) is 2.64. The van der Waals surface area contributed by atoms with Crippen LogP contribution in [0.15, 0.2) is 22.7 Å². The van der Waals surface area contributed by atoms with E-state index in [2.05, 4.69) is 24.7 Å². The van der Waals surface area contributed by atoms with Crippen molar-refractivity contribution in [1.82, 2.24) is 8.75 Å². The van der Waals surface area contributed by atoms with Crippen LogP contribution in [-0.2, 0) is 0 Å². The molecule has 1 aromatic carbocycles. The van der Waals surface area contributed by atoms with Crippen molar-refractivity contribution >= 4 is 33.5 Å². The molecule has 0 aliphatic rings. The summed E-state index contributed by atoms with van der Waals surface area (Å²) in [5, 5.41) is 0. The first-order chi connectivity index (χ1) is 7.22. The number of benzene rings is 1. The third kappa shape index (κ3) is 1.95. The van der Waals surface area contributed by atoms with Gasteiger partial charge in [-0.15, -0.1) is 0 Å². The van der Waals surface area contributed by atoms with Gasteiger partial charge >= 0.3 is 0 Å². The molecule has 0 radical (unpaired) electrons. The van der Waals surface area contributed by atoms with Gasteiger partial charge in [-0.25, -0.2) is 0 Å². The quantitative estimate of drug-likeness (QED) is 0.921. The Kier molecular flexibility index (Phi) is 2.88. The first-order valence-electron chi connectivity index (χ1n) is 4.14. The molecule has 0 unspecified atom stereocenters. The van der Waals surface area contributed by atoms with Crippen molar-refractivity contribution in [1.29, 1.82) is 0 Å². The molecule has 0 amide bonds. The van der Waals surface area contributed by atoms with Gasteiger partial charge in [-0.3, -0.25) is 0 Å². The lowest BCUT2D eigenvalue weighted by molar-refractivity contribution is 0.416. The summed E-state index contributed by atoms with van der Waals surface area (Å²) in [5.41, 5.74) is 7.22. The average molecular weight is 286 g/mol. The third-order valence-electron chi connectivity index (χ3n) is 1.93. The van der Waals surface area contributed by atoms with Crippen molar-refractivity contribution < 1.29 is 4.74 Å². The summed E-state index contributed by atoms with van der Waals surface area (Å²) in [6.45, 7) is 0. The highest BCUT2D eigenvalue weighted by molar-refractivity contribution is 9.10. The van der Waals surface area contributed by atoms with E-state index in [4.69, 9.17) is 10.5 Å². The van der Waals surface area contributed by atoms with Gasteiger partial charge in [0.2, 0.25) is 0 Å². The van der Waals surface area contributed by atoms with E-state index in [0.717, 1.165) is 27.5 Å². The third-order valence-corrected chi connectivity index (χ3v) is 2.97. The van der Waals surface area contributed by atoms with Gasteiger partial charge in [0.15, 0.2) is 5.82 Å². The van der Waals surface area contributed by atoms with Crippen LogP contribution in [-0.4, -0.2) is 15.9 Å². The zero-order valence-corrected chi connectivity index (χ0v) is 10.3. The summed E-state index contributed by atoms with van der Waals surface area (Å²) in [7, 11) is 1.61. The summed E-state index contributed by atoms with van der Waals surface area (Å²) in [5.74, 6) is 1.16. The second-order valence-electron chi connectivity index (χ2n) is 2.84. The van der Waals surface area contributed by atoms with Crippen LogP contribution in [0.1, 0.15) is 0 Å². The van der Waals surface area contributed by atoms with E-state index in [9.17, 15) is 0 Å². The van der Waals surface area contributed by atoms with Crippen molar-refractivity contribution in [2.24, 2.45) is 0 Å². The fourth-order valence-electron chi connectivity index (χ4n) is 1.25. The van der Waals surface area contributed by atoms with Gasteiger partial charge < -0.3 is 10.5 Å². The molecule has 0 spiro atoms. The van der Waals surface area contributed by atoms with Crippen molar-refractivity contribution in [3.8, 4) is 17.0 Å². The minimum Gasteiger partial charge on any atom is -0.496 e. The molecular weight excluding hydrogens is 278 g/mol. The van der Waals surface area contributed by atoms with E-state index >= 15 is 0 Å². The molecular formula is C9H8BrN3OS. The molecule has 0 fully saturated rings. The van der Waals surface area contributed by atoms with E-state index in [1.807, 2.05) is 18.2 Å². The molecule has 1 heterocycles. The van der Waals surface area contributed by atoms with Gasteiger partial charge in [0, 0.05) is 10.0 Å². The highest BCUT2D eigenvalue weighted by Crippen LogP contribution is 2.34. The number of halogens is 1. The zero-order valence-electron chi connectivity index (χ0n) is 7.90. The Morgan fingerprint density at radius 1 is 1.40 bits per heavy atom. The SMILES string of the molecule is COc1ccc(Br)cc1-c1nsnc1N. The second-order valence-corrected chi connectivity index (χ2v) is 4.29. The molecule has 0 aliphatic carbocycles. The van der Waals surface area contributed by atoms with Gasteiger partial charge in [0.25, 0.3) is 0 Å². The van der Waals surface area contributed by atoms with Crippen LogP contribution < -0.4 is 10.5 Å². The number of rotatable bonds is 2. The molecule has 2 N–H and O–H groups in total. The predicted octanol–water partition coefficient (Wildman–Crippen LogP) is 2.56. The first kappa shape index (κ1) is 10.4. The highest BCUT2D eigenvalue weighted by Gasteiger charge is 2.12. The predicted molar refractivity (Wildman–Crippen MR) is 64.0 cm³/mol. The molecule has 2 aromatic rings. The summed E-state index contributed by atoms with van der Waals surface area (Å²) in [4.78, 5) is 0. The summed E-state index contributed by atoms with van der Waals surface area (Å²) in [6, 6.07) is 5.67. The Bertz CT molecular complexity index is 486. The highest BCUT2D eigenvalue weighted by atomic mass is 79.9. The van der Waals surface area contributed by atoms with Crippen LogP contribution in [0.25, 0.3) is 11.3 Å². The van der Waals surface area contributed by atoms with Crippen LogP contribution in [0.2, 0.25) is 0 Å². The fourth-order valence-corrected chi connectivity index (χ4v) is 2.10. The topological polar surface area (TPSA) is 61.0 Å². The number of nitrogens with two attached hydrogens (primary N) is 1. The van der Waals surface area contributed by atoms with Crippen LogP contribution in [0, 0.1) is 0 Å². The number of nitrogen functional groups attached to an aromatic ring is 1. The summed E-state index contributed by atoms with van der Waals surface area (Å²) in [6.07, 6.45) is 0. The number of hydrogen-bond acceptors (Lipinski definition) is 5. The van der Waals surface area contributed by atoms with Gasteiger partial charge in [-0.05, 0) is 18.2 Å². The Morgan fingerprint density at radius 3 is 2.80 bits per heavy atom. The molecule has 2 rings (SSSR count). The lowest BCUT2D eigenvalue weighted by atomic mass is 10.1. The Balaban J connectivity index is 2.60. The summed E-state index contributed by atoms with van der Waals surface area (Å²) >= 11 is 4.48. The number of methoxy groups -OCH3 is 1. The van der Waals surface area contributed by atoms with Crippen LogP contribution in [0.3, 0.4) is 0 Å². The van der Waals surface area contributed by atoms with Crippen LogP contribution in [0.4, 0.5) is 5.82 Å². The molecule has 0 bridgehead atoms. The molecule has 15 heavy (non-hydrogen) atoms. The Labute approximate surface area is 99.5 Å². The zero-order chi connectivity index (χ0) is 10.8. The number of ether oxygens (including phenoxy) is 1. The lowest BCUT2D eigenvalue weighted by Gasteiger charge is -2.06. The fraction of sp³-hybridized carbons (Fsp3) is 0.111. The molecule has 0 atom stereocenters. The number of aromatic nitrogens is 2. The number of anilines is 1. The van der Waals surface area contributed by atoms with E-state index in [1.54, 1.807) is 7.11 Å². The van der Waals surface area contributed by atoms with E-state index in [-0.39, 0.29) is 0 Å². The molecule has 0 aliphatic heterocycles. The maximum atomic E-state index is 5.71. The summed E-state index contributed by atoms with van der Waals surface area (Å²) < 4.78 is 14.3. The van der Waals surface area contributed by atoms with Gasteiger partial charge in [0.05, 0.1) is 18.8 Å². The van der Waals surface area contributed by atoms with Crippen molar-refractivity contribution in [2.45, 2.75) is 0 Å². The smallest absolute Gasteiger partial charge is 0.165 e. The van der Waals surface area contributed by atoms with Crippen molar-refractivity contribution in [3.05, 3.63) is 22.7 Å². The first-order valence-corrected chi connectivity index (χ1v) is 5.66. The Morgan fingerprint density at radius 2 is 2.20 bits per heavy atom. The second kappa shape index (κ2) is 4.16. The minimum atomic E-state index is 0.427. The van der Waals surface area contributed by atoms with Crippen molar-refractivity contribution in [2.75, 3.05) is 12.8 Å². The standard InChI is InChI=1S/C9H8BrN3OS/c1-14-7-3-2-5(10)4-6(7)8-9(11)13-15-12-8/h2-4H,1H3,(H2,11,13). The lowest BCUT2D eigenvalue weighted by Crippen LogP contribution is -1.92. The largest absolute Gasteiger partial charge is 0.496 e. The van der Waals surface area contributed by atoms with Gasteiger partial charge in [-0.2, -0.15) is 8.75 Å².